The van der Waals surface area contributed by atoms with Gasteiger partial charge in [0.05, 0.1) is 11.8 Å². The second kappa shape index (κ2) is 10.2. The average molecular weight is 440 g/mol. The Labute approximate surface area is 179 Å². The van der Waals surface area contributed by atoms with Crippen LogP contribution in [-0.4, -0.2) is 37.6 Å². The van der Waals surface area contributed by atoms with Crippen LogP contribution in [0.15, 0.2) is 46.0 Å². The predicted molar refractivity (Wildman–Crippen MR) is 111 cm³/mol. The number of hydrogen-bond acceptors (Lipinski definition) is 4. The molecule has 31 heavy (non-hydrogen) atoms. The molecule has 1 aromatic carbocycles. The normalized spacial score (nSPS) is 12.4. The zero-order valence-electron chi connectivity index (χ0n) is 17.9. The van der Waals surface area contributed by atoms with Crippen LogP contribution in [0.2, 0.25) is 0 Å². The van der Waals surface area contributed by atoms with Crippen molar-refractivity contribution in [2.45, 2.75) is 39.1 Å². The van der Waals surface area contributed by atoms with E-state index in [0.29, 0.717) is 12.5 Å². The Kier molecular flexibility index (Phi) is 7.95. The number of rotatable bonds is 7. The minimum Gasteiger partial charge on any atom is -0.488 e. The molecule has 0 radical (unpaired) electrons. The zero-order valence-corrected chi connectivity index (χ0v) is 17.9. The molecule has 10 heteroatoms. The first-order valence-corrected chi connectivity index (χ1v) is 9.65. The predicted octanol–water partition coefficient (Wildman–Crippen LogP) is 3.57. The fourth-order valence-corrected chi connectivity index (χ4v) is 2.64. The van der Waals surface area contributed by atoms with Crippen LogP contribution >= 0.6 is 0 Å². The Hall–Kier alpha value is -3.17. The Bertz CT molecular complexity index is 888. The molecule has 1 amide bonds. The van der Waals surface area contributed by atoms with E-state index in [9.17, 15) is 18.0 Å². The van der Waals surface area contributed by atoms with Gasteiger partial charge in [0, 0.05) is 26.7 Å². The lowest BCUT2D eigenvalue weighted by Gasteiger charge is -2.23. The molecule has 2 aromatic rings. The van der Waals surface area contributed by atoms with Crippen molar-refractivity contribution >= 4 is 11.9 Å². The van der Waals surface area contributed by atoms with Crippen LogP contribution in [0.3, 0.4) is 0 Å². The molecule has 0 aliphatic rings. The number of nitrogens with one attached hydrogen (secondary N) is 3. The van der Waals surface area contributed by atoms with E-state index in [0.717, 1.165) is 6.07 Å². The largest absolute Gasteiger partial charge is 0.488 e. The molecule has 0 spiro atoms. The van der Waals surface area contributed by atoms with E-state index in [1.54, 1.807) is 32.9 Å². The van der Waals surface area contributed by atoms with Crippen molar-refractivity contribution in [2.75, 3.05) is 20.1 Å². The summed E-state index contributed by atoms with van der Waals surface area (Å²) in [5.41, 5.74) is -1.33. The maximum absolute atomic E-state index is 13.5. The van der Waals surface area contributed by atoms with Crippen LogP contribution in [0.1, 0.15) is 42.5 Å². The van der Waals surface area contributed by atoms with Crippen LogP contribution in [0.4, 0.5) is 13.2 Å². The summed E-state index contributed by atoms with van der Waals surface area (Å²) in [6.45, 7) is 5.79. The summed E-state index contributed by atoms with van der Waals surface area (Å²) in [7, 11) is 1.50. The van der Waals surface area contributed by atoms with E-state index in [2.05, 4.69) is 20.9 Å². The van der Waals surface area contributed by atoms with Crippen molar-refractivity contribution < 1.29 is 27.1 Å². The molecule has 0 aliphatic heterocycles. The van der Waals surface area contributed by atoms with Gasteiger partial charge in [0.1, 0.15) is 11.4 Å². The number of guanidine groups is 1. The number of carbonyl (C=O) groups is 1. The van der Waals surface area contributed by atoms with Gasteiger partial charge in [0.25, 0.3) is 5.91 Å². The molecule has 0 unspecified atom stereocenters. The second-order valence-electron chi connectivity index (χ2n) is 7.62. The van der Waals surface area contributed by atoms with Crippen LogP contribution in [0.25, 0.3) is 0 Å². The maximum atomic E-state index is 13.5. The smallest absolute Gasteiger partial charge is 0.416 e. The Balaban J connectivity index is 1.92. The summed E-state index contributed by atoms with van der Waals surface area (Å²) < 4.78 is 51.1. The monoisotopic (exact) mass is 440 g/mol. The van der Waals surface area contributed by atoms with E-state index >= 15 is 0 Å². The van der Waals surface area contributed by atoms with E-state index in [1.165, 1.54) is 25.4 Å². The van der Waals surface area contributed by atoms with Gasteiger partial charge in [-0.3, -0.25) is 9.79 Å². The minimum absolute atomic E-state index is 0.0582. The number of carbonyl (C=O) groups excluding carboxylic acids is 1. The highest BCUT2D eigenvalue weighted by molar-refractivity contribution is 5.91. The first kappa shape index (κ1) is 24.1. The first-order chi connectivity index (χ1) is 14.5. The van der Waals surface area contributed by atoms with Crippen molar-refractivity contribution in [3.63, 3.8) is 0 Å². The maximum Gasteiger partial charge on any atom is 0.416 e. The van der Waals surface area contributed by atoms with Gasteiger partial charge in [0.2, 0.25) is 0 Å². The number of halogens is 3. The van der Waals surface area contributed by atoms with E-state index in [1.807, 2.05) is 0 Å². The van der Waals surface area contributed by atoms with Crippen LogP contribution in [0, 0.1) is 0 Å². The zero-order chi connectivity index (χ0) is 23.1. The Morgan fingerprint density at radius 2 is 1.81 bits per heavy atom. The number of amides is 1. The van der Waals surface area contributed by atoms with Gasteiger partial charge >= 0.3 is 6.18 Å². The van der Waals surface area contributed by atoms with Gasteiger partial charge in [-0.05, 0) is 50.6 Å². The molecule has 0 fully saturated rings. The molecule has 0 bridgehead atoms. The third-order valence-electron chi connectivity index (χ3n) is 3.93. The van der Waals surface area contributed by atoms with E-state index in [-0.39, 0.29) is 36.1 Å². The van der Waals surface area contributed by atoms with E-state index in [4.69, 9.17) is 9.15 Å². The Morgan fingerprint density at radius 1 is 1.10 bits per heavy atom. The third kappa shape index (κ3) is 7.88. The minimum atomic E-state index is -4.53. The summed E-state index contributed by atoms with van der Waals surface area (Å²) in [4.78, 5) is 15.8. The molecule has 2 rings (SSSR count). The van der Waals surface area contributed by atoms with Crippen molar-refractivity contribution in [1.82, 2.24) is 16.0 Å². The highest BCUT2D eigenvalue weighted by atomic mass is 19.4. The number of benzene rings is 1. The molecule has 1 aromatic heterocycles. The first-order valence-electron chi connectivity index (χ1n) is 9.65. The summed E-state index contributed by atoms with van der Waals surface area (Å²) in [5.74, 6) is 0.289. The lowest BCUT2D eigenvalue weighted by molar-refractivity contribution is -0.138. The SMILES string of the molecule is CN=C(NCCNC(=O)c1ccco1)NCc1ccc(OC(C)(C)C)cc1C(F)(F)F. The summed E-state index contributed by atoms with van der Waals surface area (Å²) >= 11 is 0. The summed E-state index contributed by atoms with van der Waals surface area (Å²) in [6.07, 6.45) is -3.13. The Morgan fingerprint density at radius 3 is 2.39 bits per heavy atom. The number of hydrogen-bond donors (Lipinski definition) is 3. The number of furan rings is 1. The highest BCUT2D eigenvalue weighted by Crippen LogP contribution is 2.35. The summed E-state index contributed by atoms with van der Waals surface area (Å²) in [5, 5.41) is 8.43. The van der Waals surface area contributed by atoms with Gasteiger partial charge in [-0.1, -0.05) is 6.07 Å². The molecule has 3 N–H and O–H groups in total. The number of ether oxygens (including phenoxy) is 1. The molecule has 0 saturated heterocycles. The molecule has 0 aliphatic carbocycles. The van der Waals surface area contributed by atoms with Gasteiger partial charge < -0.3 is 25.1 Å². The number of nitrogens with zero attached hydrogens (tertiary/aromatic N) is 1. The molecular weight excluding hydrogens is 413 g/mol. The van der Waals surface area contributed by atoms with Gasteiger partial charge in [0.15, 0.2) is 11.7 Å². The van der Waals surface area contributed by atoms with Crippen molar-refractivity contribution in [3.05, 3.63) is 53.5 Å². The topological polar surface area (TPSA) is 87.9 Å². The molecule has 7 nitrogen and oxygen atoms in total. The number of alkyl halides is 3. The van der Waals surface area contributed by atoms with Crippen molar-refractivity contribution in [3.8, 4) is 5.75 Å². The van der Waals surface area contributed by atoms with Gasteiger partial charge in [-0.2, -0.15) is 13.2 Å². The standard InChI is InChI=1S/C21H27F3N4O3/c1-20(2,3)31-15-8-7-14(16(12-15)21(22,23)24)13-28-19(25-4)27-10-9-26-18(29)17-6-5-11-30-17/h5-8,11-12H,9-10,13H2,1-4H3,(H,26,29)(H2,25,27,28). The van der Waals surface area contributed by atoms with Crippen LogP contribution < -0.4 is 20.7 Å². The fraction of sp³-hybridized carbons (Fsp3) is 0.429. The molecule has 1 heterocycles. The lowest BCUT2D eigenvalue weighted by atomic mass is 10.1. The van der Waals surface area contributed by atoms with E-state index < -0.39 is 17.3 Å². The molecule has 170 valence electrons. The molecule has 0 atom stereocenters. The highest BCUT2D eigenvalue weighted by Gasteiger charge is 2.34. The number of aliphatic imine (C=N–C) groups is 1. The lowest BCUT2D eigenvalue weighted by Crippen LogP contribution is -2.41. The average Bonchev–Trinajstić information content (AvgIpc) is 3.21. The quantitative estimate of drug-likeness (QED) is 0.348. The van der Waals surface area contributed by atoms with Gasteiger partial charge in [-0.25, -0.2) is 0 Å². The van der Waals surface area contributed by atoms with Crippen LogP contribution in [-0.2, 0) is 12.7 Å². The van der Waals surface area contributed by atoms with Crippen molar-refractivity contribution in [1.29, 1.82) is 0 Å². The van der Waals surface area contributed by atoms with Crippen LogP contribution in [0.5, 0.6) is 5.75 Å². The molecule has 0 saturated carbocycles. The molecular formula is C21H27F3N4O3. The fourth-order valence-electron chi connectivity index (χ4n) is 2.64. The van der Waals surface area contributed by atoms with Gasteiger partial charge in [-0.15, -0.1) is 0 Å². The van der Waals surface area contributed by atoms with Crippen molar-refractivity contribution in [2.24, 2.45) is 4.99 Å². The second-order valence-corrected chi connectivity index (χ2v) is 7.62. The third-order valence-corrected chi connectivity index (χ3v) is 3.93. The summed E-state index contributed by atoms with van der Waals surface area (Å²) in [6, 6.07) is 7.05.